The summed E-state index contributed by atoms with van der Waals surface area (Å²) < 4.78 is 92.5. The van der Waals surface area contributed by atoms with Crippen LogP contribution in [-0.2, 0) is 9.47 Å². The molecule has 1 rings (SSSR count). The first-order valence-corrected chi connectivity index (χ1v) is 3.66. The van der Waals surface area contributed by atoms with Crippen LogP contribution in [0.25, 0.3) is 0 Å². The van der Waals surface area contributed by atoms with E-state index in [1.54, 1.807) is 0 Å². The zero-order valence-corrected chi connectivity index (χ0v) is 7.15. The second kappa shape index (κ2) is 3.39. The number of halogens is 7. The lowest BCUT2D eigenvalue weighted by molar-refractivity contribution is -0.368. The molecule has 0 aliphatic carbocycles. The van der Waals surface area contributed by atoms with Crippen molar-refractivity contribution in [2.24, 2.45) is 0 Å². The van der Waals surface area contributed by atoms with Gasteiger partial charge in [0.25, 0.3) is 0 Å². The maximum Gasteiger partial charge on any atom is 0.509 e. The Morgan fingerprint density at radius 2 is 1.56 bits per heavy atom. The van der Waals surface area contributed by atoms with Gasteiger partial charge in [-0.15, -0.1) is 0 Å². The maximum absolute atomic E-state index is 12.7. The van der Waals surface area contributed by atoms with E-state index in [1.807, 2.05) is 0 Å². The van der Waals surface area contributed by atoms with Crippen molar-refractivity contribution < 1.29 is 45.0 Å². The van der Waals surface area contributed by atoms with Gasteiger partial charge in [-0.3, -0.25) is 0 Å². The van der Waals surface area contributed by atoms with Gasteiger partial charge in [-0.1, -0.05) is 0 Å². The lowest BCUT2D eigenvalue weighted by Gasteiger charge is -2.29. The van der Waals surface area contributed by atoms with Crippen molar-refractivity contribution in [2.75, 3.05) is 6.61 Å². The average molecular weight is 256 g/mol. The molecule has 0 N–H and O–H groups in total. The Hall–Kier alpha value is -1.22. The Labute approximate surface area is 83.1 Å². The van der Waals surface area contributed by atoms with E-state index in [0.29, 0.717) is 0 Å². The largest absolute Gasteiger partial charge is 0.509 e. The molecule has 16 heavy (non-hydrogen) atoms. The summed E-state index contributed by atoms with van der Waals surface area (Å²) in [7, 11) is 0. The number of carbonyl (C=O) groups excluding carboxylic acids is 1. The van der Waals surface area contributed by atoms with E-state index >= 15 is 0 Å². The molecule has 1 aliphatic rings. The predicted octanol–water partition coefficient (Wildman–Crippen LogP) is 2.35. The summed E-state index contributed by atoms with van der Waals surface area (Å²) in [6, 6.07) is 0. The Morgan fingerprint density at radius 3 is 1.88 bits per heavy atom. The van der Waals surface area contributed by atoms with Gasteiger partial charge in [-0.2, -0.15) is 30.7 Å². The highest BCUT2D eigenvalue weighted by Gasteiger charge is 2.77. The van der Waals surface area contributed by atoms with Crippen molar-refractivity contribution in [3.8, 4) is 0 Å². The number of hydrogen-bond acceptors (Lipinski definition) is 3. The number of carbonyl (C=O) groups is 1. The summed E-state index contributed by atoms with van der Waals surface area (Å²) in [5.74, 6) is -11.9. The summed E-state index contributed by atoms with van der Waals surface area (Å²) in [5.41, 5.74) is 0. The summed E-state index contributed by atoms with van der Waals surface area (Å²) in [5, 5.41) is 0. The second-order valence-corrected chi connectivity index (χ2v) is 2.86. The van der Waals surface area contributed by atoms with Gasteiger partial charge in [-0.05, 0) is 0 Å². The number of cyclic esters (lactones) is 2. The van der Waals surface area contributed by atoms with E-state index in [9.17, 15) is 35.5 Å². The second-order valence-electron chi connectivity index (χ2n) is 2.86. The molecule has 0 aromatic carbocycles. The van der Waals surface area contributed by atoms with Crippen LogP contribution in [0.4, 0.5) is 35.5 Å². The lowest BCUT2D eigenvalue weighted by atomic mass is 10.1. The van der Waals surface area contributed by atoms with Gasteiger partial charge in [0, 0.05) is 0 Å². The number of hydrogen-bond donors (Lipinski definition) is 0. The van der Waals surface area contributed by atoms with E-state index in [-0.39, 0.29) is 0 Å². The zero-order valence-electron chi connectivity index (χ0n) is 7.15. The normalized spacial score (nSPS) is 22.9. The van der Waals surface area contributed by atoms with E-state index < -0.39 is 36.9 Å². The molecule has 1 unspecified atom stereocenters. The maximum atomic E-state index is 12.7. The number of alkyl halides is 7. The molecule has 0 saturated carbocycles. The van der Waals surface area contributed by atoms with Gasteiger partial charge in [0.05, 0.1) is 0 Å². The van der Waals surface area contributed by atoms with Crippen LogP contribution >= 0.6 is 0 Å². The number of rotatable bonds is 2. The number of ether oxygens (including phenoxy) is 2. The monoisotopic (exact) mass is 256 g/mol. The molecule has 94 valence electrons. The van der Waals surface area contributed by atoms with Gasteiger partial charge in [-0.25, -0.2) is 4.79 Å². The summed E-state index contributed by atoms with van der Waals surface area (Å²) >= 11 is 0. The minimum atomic E-state index is -6.45. The highest BCUT2D eigenvalue weighted by Crippen LogP contribution is 2.49. The van der Waals surface area contributed by atoms with Crippen molar-refractivity contribution in [1.29, 1.82) is 0 Å². The van der Waals surface area contributed by atoms with Gasteiger partial charge < -0.3 is 9.47 Å². The Kier molecular flexibility index (Phi) is 2.72. The third-order valence-electron chi connectivity index (χ3n) is 1.77. The molecule has 1 saturated heterocycles. The van der Waals surface area contributed by atoms with Crippen LogP contribution in [0.5, 0.6) is 0 Å². The fourth-order valence-corrected chi connectivity index (χ4v) is 0.898. The Morgan fingerprint density at radius 1 is 1.06 bits per heavy atom. The van der Waals surface area contributed by atoms with Crippen LogP contribution in [0.3, 0.4) is 0 Å². The molecule has 3 nitrogen and oxygen atoms in total. The highest BCUT2D eigenvalue weighted by atomic mass is 19.4. The van der Waals surface area contributed by atoms with Gasteiger partial charge in [0.15, 0.2) is 0 Å². The van der Waals surface area contributed by atoms with Gasteiger partial charge >= 0.3 is 24.2 Å². The van der Waals surface area contributed by atoms with Crippen LogP contribution in [0.1, 0.15) is 0 Å². The molecular formula is C6H3F7O3. The Bertz CT molecular complexity index is 297. The van der Waals surface area contributed by atoms with E-state index in [1.165, 1.54) is 0 Å². The fourth-order valence-electron chi connectivity index (χ4n) is 0.898. The molecule has 1 fully saturated rings. The van der Waals surface area contributed by atoms with Crippen LogP contribution in [0.15, 0.2) is 0 Å². The van der Waals surface area contributed by atoms with Crippen molar-refractivity contribution in [3.05, 3.63) is 0 Å². The predicted molar refractivity (Wildman–Crippen MR) is 32.2 cm³/mol. The molecule has 1 atom stereocenters. The third-order valence-corrected chi connectivity index (χ3v) is 1.77. The SMILES string of the molecule is O=C1OCC(C(F)(F)C(F)(F)C(F)(F)F)O1. The van der Waals surface area contributed by atoms with Crippen molar-refractivity contribution in [3.63, 3.8) is 0 Å². The van der Waals surface area contributed by atoms with Crippen molar-refractivity contribution in [1.82, 2.24) is 0 Å². The molecule has 1 heterocycles. The highest BCUT2D eigenvalue weighted by molar-refractivity contribution is 5.62. The molecule has 1 aliphatic heterocycles. The molecule has 0 amide bonds. The summed E-state index contributed by atoms with van der Waals surface area (Å²) in [6.45, 7) is -1.36. The minimum Gasteiger partial charge on any atom is -0.430 e. The molecule has 0 radical (unpaired) electrons. The zero-order chi connectivity index (χ0) is 12.8. The summed E-state index contributed by atoms with van der Waals surface area (Å²) in [6.07, 6.45) is -11.1. The fraction of sp³-hybridized carbons (Fsp3) is 0.833. The van der Waals surface area contributed by atoms with Crippen LogP contribution in [-0.4, -0.2) is 36.9 Å². The van der Waals surface area contributed by atoms with E-state index in [4.69, 9.17) is 0 Å². The first kappa shape index (κ1) is 12.8. The molecule has 0 bridgehead atoms. The molecule has 0 aromatic heterocycles. The Balaban J connectivity index is 2.96. The average Bonchev–Trinajstić information content (AvgIpc) is 2.49. The van der Waals surface area contributed by atoms with E-state index in [0.717, 1.165) is 0 Å². The van der Waals surface area contributed by atoms with E-state index in [2.05, 4.69) is 9.47 Å². The topological polar surface area (TPSA) is 35.5 Å². The standard InChI is InChI=1S/C6H3F7O3/c7-4(8,2-1-15-3(14)16-2)5(9,10)6(11,12)13/h2H,1H2. The molecule has 0 aromatic rings. The van der Waals surface area contributed by atoms with Crippen molar-refractivity contribution in [2.45, 2.75) is 24.1 Å². The van der Waals surface area contributed by atoms with Crippen LogP contribution in [0.2, 0.25) is 0 Å². The minimum absolute atomic E-state index is 1.36. The molecule has 0 spiro atoms. The third kappa shape index (κ3) is 1.76. The van der Waals surface area contributed by atoms with Gasteiger partial charge in [0.1, 0.15) is 6.61 Å². The van der Waals surface area contributed by atoms with Crippen LogP contribution < -0.4 is 0 Å². The van der Waals surface area contributed by atoms with Crippen LogP contribution in [0, 0.1) is 0 Å². The van der Waals surface area contributed by atoms with Gasteiger partial charge in [0.2, 0.25) is 6.10 Å². The smallest absolute Gasteiger partial charge is 0.430 e. The molecular weight excluding hydrogens is 253 g/mol. The summed E-state index contributed by atoms with van der Waals surface area (Å²) in [4.78, 5) is 10.2. The first-order valence-electron chi connectivity index (χ1n) is 3.66. The first-order chi connectivity index (χ1) is 7.00. The quantitative estimate of drug-likeness (QED) is 0.562. The lowest BCUT2D eigenvalue weighted by Crippen LogP contribution is -2.58. The van der Waals surface area contributed by atoms with Crippen molar-refractivity contribution >= 4 is 6.16 Å². The molecule has 10 heteroatoms.